The van der Waals surface area contributed by atoms with E-state index in [9.17, 15) is 19.5 Å². The first kappa shape index (κ1) is 20.5. The van der Waals surface area contributed by atoms with E-state index in [2.05, 4.69) is 10.3 Å². The van der Waals surface area contributed by atoms with E-state index in [4.69, 9.17) is 0 Å². The zero-order valence-corrected chi connectivity index (χ0v) is 17.1. The average Bonchev–Trinajstić information content (AvgIpc) is 2.99. The van der Waals surface area contributed by atoms with Crippen molar-refractivity contribution in [1.82, 2.24) is 4.57 Å². The quantitative estimate of drug-likeness (QED) is 0.668. The molecule has 2 amide bonds. The summed E-state index contributed by atoms with van der Waals surface area (Å²) in [7, 11) is 0. The molecule has 3 rings (SSSR count). The first-order chi connectivity index (χ1) is 13.8. The number of fused-ring (bicyclic) bond motifs is 1. The van der Waals surface area contributed by atoms with Gasteiger partial charge in [-0.25, -0.2) is 4.79 Å². The van der Waals surface area contributed by atoms with Crippen molar-refractivity contribution in [2.75, 3.05) is 5.32 Å². The lowest BCUT2D eigenvalue weighted by atomic mass is 10.1. The lowest BCUT2D eigenvalue weighted by Gasteiger charge is -2.14. The van der Waals surface area contributed by atoms with Gasteiger partial charge in [0.2, 0.25) is 5.91 Å². The number of carbonyl (C=O) groups is 3. The number of nitrogens with one attached hydrogen (secondary N) is 1. The third kappa shape index (κ3) is 4.43. The molecule has 0 aliphatic heterocycles. The molecule has 1 atom stereocenters. The second kappa shape index (κ2) is 8.40. The Morgan fingerprint density at radius 3 is 2.45 bits per heavy atom. The van der Waals surface area contributed by atoms with Gasteiger partial charge in [0.1, 0.15) is 6.04 Å². The van der Waals surface area contributed by atoms with Crippen LogP contribution in [0.2, 0.25) is 0 Å². The Balaban J connectivity index is 2.21. The number of carboxylic acid groups (broad SMARTS) is 1. The van der Waals surface area contributed by atoms with Crippen LogP contribution in [0.3, 0.4) is 0 Å². The Morgan fingerprint density at radius 1 is 1.17 bits per heavy atom. The molecule has 0 aliphatic rings. The number of aryl methyl sites for hydroxylation is 1. The lowest BCUT2D eigenvalue weighted by molar-refractivity contribution is -0.141. The summed E-state index contributed by atoms with van der Waals surface area (Å²) in [5, 5.41) is 12.4. The number of anilines is 1. The number of hydrogen-bond donors (Lipinski definition) is 2. The van der Waals surface area contributed by atoms with Crippen LogP contribution in [0.5, 0.6) is 0 Å². The number of hydrogen-bond acceptors (Lipinski definition) is 4. The van der Waals surface area contributed by atoms with Gasteiger partial charge < -0.3 is 15.0 Å². The molecule has 0 saturated carbocycles. The largest absolute Gasteiger partial charge is 0.480 e. The van der Waals surface area contributed by atoms with Gasteiger partial charge in [-0.3, -0.25) is 9.59 Å². The molecule has 29 heavy (non-hydrogen) atoms. The summed E-state index contributed by atoms with van der Waals surface area (Å²) in [5.74, 6) is -1.68. The van der Waals surface area contributed by atoms with E-state index in [-0.39, 0.29) is 5.91 Å². The van der Waals surface area contributed by atoms with Gasteiger partial charge in [-0.2, -0.15) is 4.99 Å². The van der Waals surface area contributed by atoms with E-state index in [0.717, 1.165) is 10.3 Å². The van der Waals surface area contributed by atoms with Crippen LogP contribution in [-0.2, 0) is 9.59 Å². The molecule has 1 unspecified atom stereocenters. The second-order valence-corrected chi connectivity index (χ2v) is 7.67. The highest BCUT2D eigenvalue weighted by Gasteiger charge is 2.22. The van der Waals surface area contributed by atoms with E-state index < -0.39 is 17.9 Å². The summed E-state index contributed by atoms with van der Waals surface area (Å²) in [5.41, 5.74) is 2.61. The fraction of sp³-hybridized carbons (Fsp3) is 0.238. The Kier molecular flexibility index (Phi) is 5.93. The molecule has 2 N–H and O–H groups in total. The highest BCUT2D eigenvalue weighted by Crippen LogP contribution is 2.26. The highest BCUT2D eigenvalue weighted by atomic mass is 32.1. The van der Waals surface area contributed by atoms with Gasteiger partial charge >= 0.3 is 5.97 Å². The van der Waals surface area contributed by atoms with E-state index in [1.54, 1.807) is 41.8 Å². The molecule has 1 heterocycles. The highest BCUT2D eigenvalue weighted by molar-refractivity contribution is 7.16. The van der Waals surface area contributed by atoms with E-state index in [0.29, 0.717) is 28.0 Å². The maximum absolute atomic E-state index is 12.7. The molecule has 0 spiro atoms. The Morgan fingerprint density at radius 2 is 1.86 bits per heavy atom. The molecule has 7 nitrogen and oxygen atoms in total. The van der Waals surface area contributed by atoms with Gasteiger partial charge in [-0.1, -0.05) is 36.0 Å². The molecular weight excluding hydrogens is 390 g/mol. The van der Waals surface area contributed by atoms with Crippen LogP contribution in [0.1, 0.15) is 42.2 Å². The maximum atomic E-state index is 12.7. The number of aromatic nitrogens is 1. The maximum Gasteiger partial charge on any atom is 0.326 e. The molecule has 8 heteroatoms. The zero-order valence-electron chi connectivity index (χ0n) is 16.3. The van der Waals surface area contributed by atoms with Crippen molar-refractivity contribution >= 4 is 45.0 Å². The van der Waals surface area contributed by atoms with Gasteiger partial charge in [0.05, 0.1) is 10.2 Å². The summed E-state index contributed by atoms with van der Waals surface area (Å²) in [6.07, 6.45) is 0.317. The van der Waals surface area contributed by atoms with Gasteiger partial charge in [0.25, 0.3) is 5.91 Å². The van der Waals surface area contributed by atoms with Crippen molar-refractivity contribution in [2.24, 2.45) is 4.99 Å². The Bertz CT molecular complexity index is 1160. The predicted octanol–water partition coefficient (Wildman–Crippen LogP) is 3.75. The smallest absolute Gasteiger partial charge is 0.326 e. The molecule has 0 radical (unpaired) electrons. The predicted molar refractivity (Wildman–Crippen MR) is 112 cm³/mol. The van der Waals surface area contributed by atoms with Crippen molar-refractivity contribution < 1.29 is 19.5 Å². The van der Waals surface area contributed by atoms with Crippen LogP contribution >= 0.6 is 11.3 Å². The minimum Gasteiger partial charge on any atom is -0.480 e. The minimum atomic E-state index is -1.01. The summed E-state index contributed by atoms with van der Waals surface area (Å²) in [6, 6.07) is 11.4. The summed E-state index contributed by atoms with van der Waals surface area (Å²) in [4.78, 5) is 40.5. The number of rotatable bonds is 5. The Hall–Kier alpha value is -3.26. The lowest BCUT2D eigenvalue weighted by Crippen LogP contribution is -2.27. The molecule has 0 bridgehead atoms. The third-order valence-corrected chi connectivity index (χ3v) is 5.46. The topological polar surface area (TPSA) is 101 Å². The van der Waals surface area contributed by atoms with E-state index >= 15 is 0 Å². The molecule has 150 valence electrons. The zero-order chi connectivity index (χ0) is 21.1. The first-order valence-corrected chi connectivity index (χ1v) is 9.93. The van der Waals surface area contributed by atoms with Crippen LogP contribution < -0.4 is 10.1 Å². The number of benzene rings is 2. The van der Waals surface area contributed by atoms with Gasteiger partial charge in [0, 0.05) is 18.2 Å². The van der Waals surface area contributed by atoms with Crippen molar-refractivity contribution in [1.29, 1.82) is 0 Å². The van der Waals surface area contributed by atoms with Crippen LogP contribution in [0.15, 0.2) is 47.5 Å². The van der Waals surface area contributed by atoms with Crippen LogP contribution in [0.25, 0.3) is 10.2 Å². The molecule has 0 saturated heterocycles. The van der Waals surface area contributed by atoms with Crippen molar-refractivity contribution in [3.63, 3.8) is 0 Å². The van der Waals surface area contributed by atoms with Gasteiger partial charge in [-0.15, -0.1) is 0 Å². The summed E-state index contributed by atoms with van der Waals surface area (Å²) >= 11 is 1.24. The normalized spacial score (nSPS) is 12.7. The molecule has 0 aliphatic carbocycles. The average molecular weight is 411 g/mol. The second-order valence-electron chi connectivity index (χ2n) is 6.66. The third-order valence-electron chi connectivity index (χ3n) is 4.43. The number of nitrogens with zero attached hydrogens (tertiary/aromatic N) is 2. The van der Waals surface area contributed by atoms with Crippen molar-refractivity contribution in [3.8, 4) is 0 Å². The number of carbonyl (C=O) groups excluding carboxylic acids is 2. The number of thiazole rings is 1. The Labute approximate surface area is 171 Å². The first-order valence-electron chi connectivity index (χ1n) is 9.11. The van der Waals surface area contributed by atoms with Crippen LogP contribution in [0, 0.1) is 6.92 Å². The van der Waals surface area contributed by atoms with Gasteiger partial charge in [-0.05, 0) is 43.7 Å². The molecular formula is C21H21N3O4S. The number of amides is 2. The molecule has 2 aromatic carbocycles. The fourth-order valence-corrected chi connectivity index (χ4v) is 4.06. The summed E-state index contributed by atoms with van der Waals surface area (Å²) in [6.45, 7) is 5.09. The van der Waals surface area contributed by atoms with E-state index in [1.165, 1.54) is 18.3 Å². The fourth-order valence-electron chi connectivity index (χ4n) is 3.02. The van der Waals surface area contributed by atoms with Crippen LogP contribution in [0.4, 0.5) is 5.69 Å². The van der Waals surface area contributed by atoms with Crippen molar-refractivity contribution in [2.45, 2.75) is 33.2 Å². The van der Waals surface area contributed by atoms with Crippen LogP contribution in [-0.4, -0.2) is 27.5 Å². The SMILES string of the molecule is CCC(C(=O)O)n1c(=NC(=O)c2ccc(C)cc2)sc2ccc(NC(C)=O)cc21. The van der Waals surface area contributed by atoms with E-state index in [1.807, 2.05) is 19.1 Å². The van der Waals surface area contributed by atoms with Gasteiger partial charge in [0.15, 0.2) is 4.80 Å². The molecule has 3 aromatic rings. The minimum absolute atomic E-state index is 0.226. The number of carboxylic acids is 1. The monoisotopic (exact) mass is 411 g/mol. The number of aliphatic carboxylic acids is 1. The summed E-state index contributed by atoms with van der Waals surface area (Å²) < 4.78 is 2.33. The van der Waals surface area contributed by atoms with Crippen molar-refractivity contribution in [3.05, 3.63) is 58.4 Å². The molecule has 0 fully saturated rings. The standard InChI is InChI=1S/C21H21N3O4S/c1-4-16(20(27)28)24-17-11-15(22-13(3)25)9-10-18(17)29-21(24)23-19(26)14-7-5-12(2)6-8-14/h5-11,16H,4H2,1-3H3,(H,22,25)(H,27,28). The molecule has 1 aromatic heterocycles.